The first-order chi connectivity index (χ1) is 7.77. The maximum absolute atomic E-state index is 12.1. The molecule has 1 atom stereocenters. The van der Waals surface area contributed by atoms with Crippen molar-refractivity contribution in [1.29, 1.82) is 0 Å². The molecular formula is C14H18O2. The lowest BCUT2D eigenvalue weighted by atomic mass is 9.97. The maximum atomic E-state index is 12.1. The largest absolute Gasteiger partial charge is 0.378 e. The highest BCUT2D eigenvalue weighted by Gasteiger charge is 2.19. The van der Waals surface area contributed by atoms with Crippen LogP contribution in [0, 0.1) is 6.92 Å². The van der Waals surface area contributed by atoms with Crippen molar-refractivity contribution < 1.29 is 9.53 Å². The van der Waals surface area contributed by atoms with Gasteiger partial charge in [0.15, 0.2) is 5.78 Å². The van der Waals surface area contributed by atoms with E-state index in [-0.39, 0.29) is 11.9 Å². The van der Waals surface area contributed by atoms with Crippen LogP contribution in [0.2, 0.25) is 0 Å². The van der Waals surface area contributed by atoms with Gasteiger partial charge in [0.05, 0.1) is 6.10 Å². The molecular weight excluding hydrogens is 200 g/mol. The van der Waals surface area contributed by atoms with Gasteiger partial charge >= 0.3 is 0 Å². The zero-order valence-corrected chi connectivity index (χ0v) is 9.74. The molecule has 0 saturated carbocycles. The second-order valence-corrected chi connectivity index (χ2v) is 4.43. The molecule has 1 fully saturated rings. The molecule has 0 aromatic heterocycles. The Hall–Kier alpha value is -1.15. The van der Waals surface area contributed by atoms with Gasteiger partial charge in [-0.15, -0.1) is 0 Å². The van der Waals surface area contributed by atoms with Gasteiger partial charge in [-0.3, -0.25) is 4.79 Å². The van der Waals surface area contributed by atoms with Crippen molar-refractivity contribution in [3.63, 3.8) is 0 Å². The standard InChI is InChI=1S/C14H18O2/c1-11-6-2-3-8-13(11)14(15)10-12-7-4-5-9-16-12/h2-3,6,8,12H,4-5,7,9-10H2,1H3. The predicted octanol–water partition coefficient (Wildman–Crippen LogP) is 3.14. The number of rotatable bonds is 3. The third-order valence-corrected chi connectivity index (χ3v) is 3.13. The summed E-state index contributed by atoms with van der Waals surface area (Å²) in [6.07, 6.45) is 4.02. The van der Waals surface area contributed by atoms with Crippen molar-refractivity contribution in [2.75, 3.05) is 6.61 Å². The van der Waals surface area contributed by atoms with E-state index in [0.717, 1.165) is 30.6 Å². The number of hydrogen-bond donors (Lipinski definition) is 0. The maximum Gasteiger partial charge on any atom is 0.165 e. The highest BCUT2D eigenvalue weighted by molar-refractivity contribution is 5.97. The third-order valence-electron chi connectivity index (χ3n) is 3.13. The molecule has 1 aromatic rings. The highest BCUT2D eigenvalue weighted by atomic mass is 16.5. The van der Waals surface area contributed by atoms with Crippen LogP contribution in [-0.4, -0.2) is 18.5 Å². The van der Waals surface area contributed by atoms with Crippen molar-refractivity contribution in [2.45, 2.75) is 38.7 Å². The molecule has 1 aliphatic heterocycles. The third kappa shape index (κ3) is 2.70. The molecule has 0 radical (unpaired) electrons. The molecule has 1 aliphatic rings. The van der Waals surface area contributed by atoms with Gasteiger partial charge in [-0.25, -0.2) is 0 Å². The second-order valence-electron chi connectivity index (χ2n) is 4.43. The van der Waals surface area contributed by atoms with Gasteiger partial charge in [0.1, 0.15) is 0 Å². The van der Waals surface area contributed by atoms with Gasteiger partial charge in [-0.05, 0) is 31.7 Å². The van der Waals surface area contributed by atoms with Gasteiger partial charge in [-0.1, -0.05) is 24.3 Å². The highest BCUT2D eigenvalue weighted by Crippen LogP contribution is 2.19. The molecule has 0 N–H and O–H groups in total. The quantitative estimate of drug-likeness (QED) is 0.728. The van der Waals surface area contributed by atoms with Gasteiger partial charge < -0.3 is 4.74 Å². The van der Waals surface area contributed by atoms with Crippen molar-refractivity contribution in [1.82, 2.24) is 0 Å². The van der Waals surface area contributed by atoms with Crippen LogP contribution in [0.15, 0.2) is 24.3 Å². The summed E-state index contributed by atoms with van der Waals surface area (Å²) in [4.78, 5) is 12.1. The fourth-order valence-electron chi connectivity index (χ4n) is 2.17. The summed E-state index contributed by atoms with van der Waals surface area (Å²) in [6.45, 7) is 2.79. The first-order valence-corrected chi connectivity index (χ1v) is 5.98. The number of hydrogen-bond acceptors (Lipinski definition) is 2. The van der Waals surface area contributed by atoms with Gasteiger partial charge in [0, 0.05) is 18.6 Å². The second kappa shape index (κ2) is 5.26. The van der Waals surface area contributed by atoms with E-state index in [9.17, 15) is 4.79 Å². The minimum Gasteiger partial charge on any atom is -0.378 e. The summed E-state index contributed by atoms with van der Waals surface area (Å²) in [5.41, 5.74) is 1.90. The zero-order chi connectivity index (χ0) is 11.4. The Labute approximate surface area is 96.6 Å². The van der Waals surface area contributed by atoms with Crippen LogP contribution in [0.4, 0.5) is 0 Å². The fraction of sp³-hybridized carbons (Fsp3) is 0.500. The van der Waals surface area contributed by atoms with E-state index in [2.05, 4.69) is 0 Å². The molecule has 86 valence electrons. The Morgan fingerprint density at radius 2 is 2.19 bits per heavy atom. The lowest BCUT2D eigenvalue weighted by Crippen LogP contribution is -2.22. The Bertz CT molecular complexity index is 365. The summed E-state index contributed by atoms with van der Waals surface area (Å²) in [5.74, 6) is 0.213. The van der Waals surface area contributed by atoms with Crippen molar-refractivity contribution in [3.05, 3.63) is 35.4 Å². The van der Waals surface area contributed by atoms with Crippen molar-refractivity contribution >= 4 is 5.78 Å². The van der Waals surface area contributed by atoms with Gasteiger partial charge in [0.25, 0.3) is 0 Å². The predicted molar refractivity (Wildman–Crippen MR) is 63.7 cm³/mol. The summed E-state index contributed by atoms with van der Waals surface area (Å²) in [5, 5.41) is 0. The number of Topliss-reactive ketones (excluding diaryl/α,β-unsaturated/α-hetero) is 1. The number of carbonyl (C=O) groups is 1. The van der Waals surface area contributed by atoms with E-state index in [4.69, 9.17) is 4.74 Å². The van der Waals surface area contributed by atoms with Gasteiger partial charge in [0.2, 0.25) is 0 Å². The van der Waals surface area contributed by atoms with E-state index < -0.39 is 0 Å². The first-order valence-electron chi connectivity index (χ1n) is 5.98. The average molecular weight is 218 g/mol. The van der Waals surface area contributed by atoms with E-state index in [1.807, 2.05) is 31.2 Å². The molecule has 1 aromatic carbocycles. The molecule has 2 nitrogen and oxygen atoms in total. The topological polar surface area (TPSA) is 26.3 Å². The number of aryl methyl sites for hydroxylation is 1. The molecule has 16 heavy (non-hydrogen) atoms. The molecule has 1 saturated heterocycles. The first kappa shape index (κ1) is 11.3. The zero-order valence-electron chi connectivity index (χ0n) is 9.74. The summed E-state index contributed by atoms with van der Waals surface area (Å²) >= 11 is 0. The van der Waals surface area contributed by atoms with Crippen LogP contribution in [0.5, 0.6) is 0 Å². The molecule has 1 unspecified atom stereocenters. The van der Waals surface area contributed by atoms with E-state index in [1.165, 1.54) is 6.42 Å². The Balaban J connectivity index is 2.00. The average Bonchev–Trinajstić information content (AvgIpc) is 2.31. The lowest BCUT2D eigenvalue weighted by molar-refractivity contribution is 0.0129. The minimum absolute atomic E-state index is 0.140. The Morgan fingerprint density at radius 3 is 2.88 bits per heavy atom. The molecule has 1 heterocycles. The van der Waals surface area contributed by atoms with Crippen LogP contribution in [-0.2, 0) is 4.74 Å². The number of carbonyl (C=O) groups excluding carboxylic acids is 1. The summed E-state index contributed by atoms with van der Waals surface area (Å²) in [6, 6.07) is 7.76. The molecule has 2 heteroatoms. The summed E-state index contributed by atoms with van der Waals surface area (Å²) in [7, 11) is 0. The number of ketones is 1. The SMILES string of the molecule is Cc1ccccc1C(=O)CC1CCCCO1. The Morgan fingerprint density at radius 1 is 1.38 bits per heavy atom. The molecule has 0 amide bonds. The number of benzene rings is 1. The van der Waals surface area contributed by atoms with Crippen LogP contribution in [0.1, 0.15) is 41.6 Å². The van der Waals surface area contributed by atoms with Crippen molar-refractivity contribution in [2.24, 2.45) is 0 Å². The van der Waals surface area contributed by atoms with Gasteiger partial charge in [-0.2, -0.15) is 0 Å². The molecule has 2 rings (SSSR count). The normalized spacial score (nSPS) is 20.7. The smallest absolute Gasteiger partial charge is 0.165 e. The molecule has 0 spiro atoms. The summed E-state index contributed by atoms with van der Waals surface area (Å²) < 4.78 is 5.59. The number of ether oxygens (including phenoxy) is 1. The van der Waals surface area contributed by atoms with Crippen LogP contribution in [0.25, 0.3) is 0 Å². The minimum atomic E-state index is 0.140. The van der Waals surface area contributed by atoms with Crippen LogP contribution < -0.4 is 0 Å². The fourth-order valence-corrected chi connectivity index (χ4v) is 2.17. The van der Waals surface area contributed by atoms with E-state index >= 15 is 0 Å². The lowest BCUT2D eigenvalue weighted by Gasteiger charge is -2.22. The van der Waals surface area contributed by atoms with Crippen molar-refractivity contribution in [3.8, 4) is 0 Å². The van der Waals surface area contributed by atoms with E-state index in [1.54, 1.807) is 0 Å². The van der Waals surface area contributed by atoms with Crippen LogP contribution in [0.3, 0.4) is 0 Å². The van der Waals surface area contributed by atoms with E-state index in [0.29, 0.717) is 6.42 Å². The molecule has 0 bridgehead atoms. The molecule has 0 aliphatic carbocycles. The Kier molecular flexibility index (Phi) is 3.73. The monoisotopic (exact) mass is 218 g/mol. The van der Waals surface area contributed by atoms with Crippen LogP contribution >= 0.6 is 0 Å².